The minimum atomic E-state index is -3.69. The third kappa shape index (κ3) is 10.3. The molecule has 0 radical (unpaired) electrons. The molecule has 17 heteroatoms. The highest BCUT2D eigenvalue weighted by molar-refractivity contribution is 7.91. The molecule has 376 valence electrons. The van der Waals surface area contributed by atoms with E-state index in [2.05, 4.69) is 5.09 Å². The highest BCUT2D eigenvalue weighted by Gasteiger charge is 2.36. The maximum absolute atomic E-state index is 13.9. The van der Waals surface area contributed by atoms with Gasteiger partial charge >= 0.3 is 30.5 Å². The molecule has 0 fully saturated rings. The Morgan fingerprint density at radius 3 is 1.19 bits per heavy atom. The first-order valence-corrected chi connectivity index (χ1v) is 30.6. The van der Waals surface area contributed by atoms with E-state index < -0.39 is 40.3 Å². The number of anilines is 2. The number of nitrogens with two attached hydrogens (primary N) is 1. The normalized spacial score (nSPS) is 14.2. The third-order valence-electron chi connectivity index (χ3n) is 12.6. The first-order chi connectivity index (χ1) is 37.4. The van der Waals surface area contributed by atoms with E-state index in [1.807, 2.05) is 182 Å². The van der Waals surface area contributed by atoms with Crippen LogP contribution in [0.3, 0.4) is 0 Å². The molecular weight excluding hydrogens is 1060 g/mol. The summed E-state index contributed by atoms with van der Waals surface area (Å²) in [6.45, 7) is 0. The summed E-state index contributed by atoms with van der Waals surface area (Å²) in [4.78, 5) is 0.280. The topological polar surface area (TPSA) is 189 Å². The van der Waals surface area contributed by atoms with Crippen LogP contribution in [0.15, 0.2) is 265 Å². The summed E-state index contributed by atoms with van der Waals surface area (Å²) in [7, 11) is -12.4. The van der Waals surface area contributed by atoms with E-state index in [1.165, 1.54) is 24.3 Å². The van der Waals surface area contributed by atoms with Crippen molar-refractivity contribution < 1.29 is 43.8 Å². The zero-order valence-corrected chi connectivity index (χ0v) is 44.8. The van der Waals surface area contributed by atoms with E-state index in [0.717, 1.165) is 58.8 Å². The summed E-state index contributed by atoms with van der Waals surface area (Å²) in [5.74, 6) is 0.532. The number of hydrogen-bond acceptors (Lipinski definition) is 11. The van der Waals surface area contributed by atoms with E-state index in [-0.39, 0.29) is 9.79 Å². The number of hydrogen-bond donors (Lipinski definition) is 2. The molecule has 3 N–H and O–H groups in total. The molecular formula is C60H43N2O10P4S+3. The Bertz CT molecular complexity index is 4450. The lowest BCUT2D eigenvalue weighted by Gasteiger charge is -2.29. The van der Waals surface area contributed by atoms with Gasteiger partial charge in [0.25, 0.3) is 0 Å². The largest absolute Gasteiger partial charge is 0.597 e. The molecule has 14 rings (SSSR count). The van der Waals surface area contributed by atoms with Gasteiger partial charge in [-0.15, -0.1) is 0 Å². The summed E-state index contributed by atoms with van der Waals surface area (Å²) in [6.07, 6.45) is 0. The number of benzene rings is 10. The zero-order chi connectivity index (χ0) is 53.1. The molecule has 0 aliphatic carbocycles. The van der Waals surface area contributed by atoms with Crippen molar-refractivity contribution in [1.82, 2.24) is 0 Å². The Hall–Kier alpha value is -8.52. The van der Waals surface area contributed by atoms with E-state index in [0.29, 0.717) is 39.2 Å². The average molecular weight is 1110 g/mol. The predicted molar refractivity (Wildman–Crippen MR) is 310 cm³/mol. The summed E-state index contributed by atoms with van der Waals surface area (Å²) in [6, 6.07) is 72.9. The van der Waals surface area contributed by atoms with Crippen LogP contribution in [0.5, 0.6) is 5.75 Å². The lowest BCUT2D eigenvalue weighted by molar-refractivity contribution is 0.497. The molecule has 10 aromatic carbocycles. The Labute approximate surface area is 442 Å². The summed E-state index contributed by atoms with van der Waals surface area (Å²) < 4.78 is 97.0. The molecule has 77 heavy (non-hydrogen) atoms. The molecule has 0 saturated heterocycles. The van der Waals surface area contributed by atoms with E-state index in [4.69, 9.17) is 22.8 Å². The number of sulfone groups is 1. The Morgan fingerprint density at radius 1 is 0.390 bits per heavy atom. The van der Waals surface area contributed by atoms with Crippen molar-refractivity contribution in [3.63, 3.8) is 0 Å². The molecule has 13 aromatic rings. The fourth-order valence-corrected chi connectivity index (χ4v) is 15.3. The van der Waals surface area contributed by atoms with Crippen LogP contribution >= 0.6 is 30.5 Å². The lowest BCUT2D eigenvalue weighted by Crippen LogP contribution is -2.22. The fourth-order valence-electron chi connectivity index (χ4n) is 8.96. The summed E-state index contributed by atoms with van der Waals surface area (Å²) in [5.41, 5.74) is 10.5. The zero-order valence-electron chi connectivity index (χ0n) is 40.5. The molecule has 0 spiro atoms. The molecule has 0 bridgehead atoms. The number of para-hydroxylation sites is 4. The molecule has 4 heterocycles. The van der Waals surface area contributed by atoms with Crippen LogP contribution < -0.4 is 20.6 Å². The van der Waals surface area contributed by atoms with Crippen molar-refractivity contribution in [2.24, 2.45) is 0 Å². The monoisotopic (exact) mass is 1110 g/mol. The first kappa shape index (κ1) is 50.6. The minimum Gasteiger partial charge on any atom is -0.425 e. The fraction of sp³-hybridized carbons (Fsp3) is 0. The quantitative estimate of drug-likeness (QED) is 0.0965. The number of nitrogens with one attached hydrogen (secondary N) is 1. The van der Waals surface area contributed by atoms with Gasteiger partial charge in [-0.1, -0.05) is 127 Å². The molecule has 0 saturated carbocycles. The van der Waals surface area contributed by atoms with Gasteiger partial charge < -0.3 is 15.3 Å². The Kier molecular flexibility index (Phi) is 14.2. The Balaban J connectivity index is 0.000000118. The lowest BCUT2D eigenvalue weighted by atomic mass is 10.0. The smallest absolute Gasteiger partial charge is 0.425 e. The number of fused-ring (bicyclic) bond motifs is 12. The summed E-state index contributed by atoms with van der Waals surface area (Å²) >= 11 is 0. The van der Waals surface area contributed by atoms with Gasteiger partial charge in [-0.2, -0.15) is 0 Å². The standard InChI is InChI=1S/C24H19N2O4PS.3C12H8O2P/c25-17-9-13-19(14-10-17)32(28,29)20-15-11-18(12-16-20)26-31(27)24-8-4-2-6-22(24)21-5-1-3-7-23(21)30-31;3*13-15-12-8-4-2-6-10(12)9-5-1-3-7-11(9)14-15/h1-16H,25H2,(H,26,27);3*1-8H/q;3*+1. The van der Waals surface area contributed by atoms with Gasteiger partial charge in [-0.25, -0.2) is 25.6 Å². The van der Waals surface area contributed by atoms with Crippen LogP contribution in [0, 0.1) is 0 Å². The van der Waals surface area contributed by atoms with Crippen molar-refractivity contribution in [3.05, 3.63) is 243 Å². The molecule has 12 nitrogen and oxygen atoms in total. The average Bonchev–Trinajstić information content (AvgIpc) is 3.50. The van der Waals surface area contributed by atoms with Gasteiger partial charge in [0.15, 0.2) is 16.7 Å². The Morgan fingerprint density at radius 2 is 0.740 bits per heavy atom. The highest BCUT2D eigenvalue weighted by Crippen LogP contribution is 2.54. The first-order valence-electron chi connectivity index (χ1n) is 23.9. The number of rotatable bonds is 4. The van der Waals surface area contributed by atoms with Crippen LogP contribution in [-0.4, -0.2) is 8.42 Å². The molecule has 1 aliphatic heterocycles. The van der Waals surface area contributed by atoms with Crippen molar-refractivity contribution >= 4 is 121 Å². The third-order valence-corrected chi connectivity index (χ3v) is 19.9. The van der Waals surface area contributed by atoms with Crippen molar-refractivity contribution in [3.8, 4) is 16.9 Å². The van der Waals surface area contributed by atoms with Crippen LogP contribution in [0.4, 0.5) is 11.4 Å². The van der Waals surface area contributed by atoms with E-state index in [9.17, 15) is 26.7 Å². The van der Waals surface area contributed by atoms with Gasteiger partial charge in [0.2, 0.25) is 25.2 Å². The number of nitrogen functional groups attached to an aromatic ring is 1. The van der Waals surface area contributed by atoms with Crippen LogP contribution in [0.1, 0.15) is 0 Å². The van der Waals surface area contributed by atoms with Gasteiger partial charge in [-0.05, 0) is 129 Å². The predicted octanol–water partition coefficient (Wildman–Crippen LogP) is 18.1. The van der Waals surface area contributed by atoms with E-state index >= 15 is 0 Å². The van der Waals surface area contributed by atoms with Gasteiger partial charge in [0.1, 0.15) is 5.75 Å². The highest BCUT2D eigenvalue weighted by atomic mass is 32.2. The maximum Gasteiger partial charge on any atom is 0.597 e. The van der Waals surface area contributed by atoms with Crippen LogP contribution in [0.25, 0.3) is 75.5 Å². The molecule has 1 aliphatic rings. The van der Waals surface area contributed by atoms with E-state index in [1.54, 1.807) is 36.4 Å². The van der Waals surface area contributed by atoms with Crippen molar-refractivity contribution in [2.75, 3.05) is 10.8 Å². The second kappa shape index (κ2) is 21.6. The van der Waals surface area contributed by atoms with Crippen LogP contribution in [0.2, 0.25) is 0 Å². The maximum atomic E-state index is 13.9. The SMILES string of the molecule is Nc1ccc(S(=O)(=O)c2ccc(NP3(=O)Oc4ccccc4-c4ccccc43)cc2)cc1.O=[p+]1oc2ccccc2c2ccccc21.O=[p+]1oc2ccccc2c2ccccc21.O=[p+]1oc2ccccc2c2ccccc21. The van der Waals surface area contributed by atoms with Crippen molar-refractivity contribution in [1.29, 1.82) is 0 Å². The van der Waals surface area contributed by atoms with Crippen molar-refractivity contribution in [2.45, 2.75) is 9.79 Å². The van der Waals surface area contributed by atoms with Crippen LogP contribution in [-0.2, 0) is 28.1 Å². The van der Waals surface area contributed by atoms with Gasteiger partial charge in [0, 0.05) is 54.8 Å². The minimum absolute atomic E-state index is 0.126. The summed E-state index contributed by atoms with van der Waals surface area (Å²) in [5, 5.41) is 12.0. The second-order valence-electron chi connectivity index (χ2n) is 17.4. The molecule has 4 unspecified atom stereocenters. The van der Waals surface area contributed by atoms with Gasteiger partial charge in [-0.3, -0.25) is 0 Å². The molecule has 0 amide bonds. The molecule has 3 aromatic heterocycles. The van der Waals surface area contributed by atoms with Gasteiger partial charge in [0.05, 0.1) is 15.1 Å². The second-order valence-corrected chi connectivity index (χ2v) is 24.9. The molecule has 4 atom stereocenters.